The van der Waals surface area contributed by atoms with E-state index in [9.17, 15) is 0 Å². The van der Waals surface area contributed by atoms with Gasteiger partial charge in [-0.1, -0.05) is 27.7 Å². The molecule has 0 aliphatic heterocycles. The number of aryl methyl sites for hydroxylation is 6. The lowest BCUT2D eigenvalue weighted by molar-refractivity contribution is 0.339. The molecule has 0 radical (unpaired) electrons. The molecule has 0 bridgehead atoms. The molecule has 5 rings (SSSR count). The van der Waals surface area contributed by atoms with Crippen LogP contribution in [0.2, 0.25) is 0 Å². The Morgan fingerprint density at radius 1 is 0.314 bits per heavy atom. The smallest absolute Gasteiger partial charge is 0.00147 e. The Hall–Kier alpha value is -2.34. The third-order valence-corrected chi connectivity index (χ3v) is 10.4. The predicted molar refractivity (Wildman–Crippen MR) is 157 cm³/mol. The topological polar surface area (TPSA) is 0 Å². The normalized spacial score (nSPS) is 16.6. The fraction of sp³-hybridized carbons (Fsp3) is 0.486. The van der Waals surface area contributed by atoms with Gasteiger partial charge in [0.2, 0.25) is 0 Å². The number of fused-ring (bicyclic) bond motifs is 4. The van der Waals surface area contributed by atoms with Gasteiger partial charge >= 0.3 is 0 Å². The molecule has 0 unspecified atom stereocenters. The van der Waals surface area contributed by atoms with E-state index < -0.39 is 0 Å². The Labute approximate surface area is 213 Å². The van der Waals surface area contributed by atoms with Gasteiger partial charge in [0.15, 0.2) is 0 Å². The molecule has 0 saturated heterocycles. The van der Waals surface area contributed by atoms with Crippen LogP contribution in [-0.4, -0.2) is 0 Å². The Bertz CT molecular complexity index is 1520. The lowest BCUT2D eigenvalue weighted by atomic mass is 9.58. The van der Waals surface area contributed by atoms with Gasteiger partial charge < -0.3 is 0 Å². The molecule has 35 heavy (non-hydrogen) atoms. The molecule has 184 valence electrons. The third-order valence-electron chi connectivity index (χ3n) is 10.4. The molecule has 1 aliphatic carbocycles. The van der Waals surface area contributed by atoms with E-state index in [-0.39, 0.29) is 10.8 Å². The molecule has 0 spiro atoms. The van der Waals surface area contributed by atoms with E-state index in [1.54, 1.807) is 16.5 Å². The van der Waals surface area contributed by atoms with E-state index in [0.717, 1.165) is 0 Å². The largest absolute Gasteiger partial charge is 0.0557 e. The van der Waals surface area contributed by atoms with Crippen molar-refractivity contribution in [1.82, 2.24) is 0 Å². The Morgan fingerprint density at radius 2 is 0.600 bits per heavy atom. The van der Waals surface area contributed by atoms with Crippen LogP contribution in [0.1, 0.15) is 101 Å². The molecule has 0 heteroatoms. The summed E-state index contributed by atoms with van der Waals surface area (Å²) >= 11 is 0. The molecule has 0 aromatic heterocycles. The maximum absolute atomic E-state index is 2.49. The molecule has 0 saturated carbocycles. The summed E-state index contributed by atoms with van der Waals surface area (Å²) in [6, 6.07) is 0. The van der Waals surface area contributed by atoms with Crippen LogP contribution in [0.5, 0.6) is 0 Å². The van der Waals surface area contributed by atoms with Gasteiger partial charge in [0, 0.05) is 0 Å². The van der Waals surface area contributed by atoms with Crippen LogP contribution in [0.4, 0.5) is 0 Å². The van der Waals surface area contributed by atoms with E-state index in [1.807, 2.05) is 0 Å². The summed E-state index contributed by atoms with van der Waals surface area (Å²) in [5.74, 6) is 0. The fourth-order valence-corrected chi connectivity index (χ4v) is 8.54. The van der Waals surface area contributed by atoms with Gasteiger partial charge in [0.05, 0.1) is 0 Å². The molecule has 0 N–H and O–H groups in total. The van der Waals surface area contributed by atoms with Crippen LogP contribution >= 0.6 is 0 Å². The highest BCUT2D eigenvalue weighted by molar-refractivity contribution is 6.27. The van der Waals surface area contributed by atoms with E-state index in [1.165, 1.54) is 89.0 Å². The van der Waals surface area contributed by atoms with Crippen LogP contribution in [0.3, 0.4) is 0 Å². The van der Waals surface area contributed by atoms with E-state index >= 15 is 0 Å². The molecular formula is C35H44. The maximum atomic E-state index is 2.49. The van der Waals surface area contributed by atoms with E-state index in [0.29, 0.717) is 0 Å². The quantitative estimate of drug-likeness (QED) is 0.227. The summed E-state index contributed by atoms with van der Waals surface area (Å²) in [4.78, 5) is 0. The summed E-state index contributed by atoms with van der Waals surface area (Å²) in [5, 5.41) is 9.13. The minimum atomic E-state index is 0.120. The first-order valence-corrected chi connectivity index (χ1v) is 13.5. The van der Waals surface area contributed by atoms with Crippen molar-refractivity contribution < 1.29 is 0 Å². The zero-order valence-electron chi connectivity index (χ0n) is 24.7. The average Bonchev–Trinajstić information content (AvgIpc) is 2.75. The highest BCUT2D eigenvalue weighted by atomic mass is 14.5. The molecule has 0 atom stereocenters. The summed E-state index contributed by atoms with van der Waals surface area (Å²) in [7, 11) is 0. The summed E-state index contributed by atoms with van der Waals surface area (Å²) in [6.45, 7) is 33.6. The molecule has 0 heterocycles. The highest BCUT2D eigenvalue weighted by Crippen LogP contribution is 2.57. The van der Waals surface area contributed by atoms with Crippen molar-refractivity contribution in [1.29, 1.82) is 0 Å². The van der Waals surface area contributed by atoms with Gasteiger partial charge in [0.1, 0.15) is 0 Å². The number of hydrogen-bond donors (Lipinski definition) is 0. The van der Waals surface area contributed by atoms with Crippen molar-refractivity contribution in [3.63, 3.8) is 0 Å². The van der Waals surface area contributed by atoms with Gasteiger partial charge in [-0.25, -0.2) is 0 Å². The van der Waals surface area contributed by atoms with Crippen LogP contribution in [0.25, 0.3) is 32.3 Å². The van der Waals surface area contributed by atoms with Crippen LogP contribution in [0, 0.1) is 69.2 Å². The van der Waals surface area contributed by atoms with Crippen molar-refractivity contribution in [2.75, 3.05) is 0 Å². The van der Waals surface area contributed by atoms with Crippen molar-refractivity contribution in [2.45, 2.75) is 114 Å². The highest BCUT2D eigenvalue weighted by Gasteiger charge is 2.42. The van der Waals surface area contributed by atoms with Crippen molar-refractivity contribution in [3.8, 4) is 0 Å². The van der Waals surface area contributed by atoms with E-state index in [2.05, 4.69) is 96.9 Å². The fourth-order valence-electron chi connectivity index (χ4n) is 8.54. The Balaban J connectivity index is 2.37. The van der Waals surface area contributed by atoms with E-state index in [4.69, 9.17) is 0 Å². The second-order valence-corrected chi connectivity index (χ2v) is 13.2. The first-order chi connectivity index (χ1) is 16.1. The summed E-state index contributed by atoms with van der Waals surface area (Å²) < 4.78 is 0. The van der Waals surface area contributed by atoms with Gasteiger partial charge in [-0.05, 0) is 186 Å². The lowest BCUT2D eigenvalue weighted by Gasteiger charge is -2.45. The molecule has 4 aromatic rings. The number of benzene rings is 4. The summed E-state index contributed by atoms with van der Waals surface area (Å²) in [5.41, 5.74) is 18.1. The molecular weight excluding hydrogens is 420 g/mol. The lowest BCUT2D eigenvalue weighted by Crippen LogP contribution is -2.36. The monoisotopic (exact) mass is 464 g/mol. The molecule has 4 aromatic carbocycles. The molecule has 1 aliphatic rings. The van der Waals surface area contributed by atoms with Gasteiger partial charge in [-0.2, -0.15) is 0 Å². The number of rotatable bonds is 0. The minimum Gasteiger partial charge on any atom is -0.0557 e. The Kier molecular flexibility index (Phi) is 4.95. The van der Waals surface area contributed by atoms with Gasteiger partial charge in [0.25, 0.3) is 0 Å². The zero-order valence-corrected chi connectivity index (χ0v) is 24.7. The van der Waals surface area contributed by atoms with Gasteiger partial charge in [-0.3, -0.25) is 0 Å². The standard InChI is InChI=1S/C35H44/c1-16-18(3)22(7)28-26(20(16)5)24(9)32-31-30(28)29-23(8)19(4)17(2)21(6)27(29)25(10)33(31)35(13,14)15-34(32,11)12/h15H2,1-14H3. The minimum absolute atomic E-state index is 0.120. The molecule has 0 amide bonds. The zero-order chi connectivity index (χ0) is 26.1. The first-order valence-electron chi connectivity index (χ1n) is 13.5. The van der Waals surface area contributed by atoms with Gasteiger partial charge in [-0.15, -0.1) is 0 Å². The van der Waals surface area contributed by atoms with Crippen LogP contribution in [0.15, 0.2) is 0 Å². The van der Waals surface area contributed by atoms with Crippen LogP contribution in [-0.2, 0) is 10.8 Å². The average molecular weight is 465 g/mol. The first kappa shape index (κ1) is 24.4. The van der Waals surface area contributed by atoms with Crippen molar-refractivity contribution in [3.05, 3.63) is 66.8 Å². The SMILES string of the molecule is Cc1c(C)c(C)c2c(c1C)c(C)c1c3c(c(C)c4c(C)c(C)c(C)c(C)c4c32)C(C)(C)CC1(C)C. The second kappa shape index (κ2) is 7.12. The van der Waals surface area contributed by atoms with Crippen molar-refractivity contribution in [2.24, 2.45) is 0 Å². The number of hydrogen-bond acceptors (Lipinski definition) is 0. The second-order valence-electron chi connectivity index (χ2n) is 13.2. The third kappa shape index (κ3) is 2.80. The predicted octanol–water partition coefficient (Wildman–Crippen LogP) is 10.2. The van der Waals surface area contributed by atoms with Crippen LogP contribution < -0.4 is 0 Å². The molecule has 0 fully saturated rings. The maximum Gasteiger partial charge on any atom is -0.00147 e. The Morgan fingerprint density at radius 3 is 0.914 bits per heavy atom. The molecule has 0 nitrogen and oxygen atoms in total. The van der Waals surface area contributed by atoms with Crippen molar-refractivity contribution >= 4 is 32.3 Å². The summed E-state index contributed by atoms with van der Waals surface area (Å²) in [6.07, 6.45) is 1.17.